The molecule has 0 bridgehead atoms. The fraction of sp³-hybridized carbons (Fsp3) is 0.947. The van der Waals surface area contributed by atoms with E-state index >= 15 is 0 Å². The zero-order valence-corrected chi connectivity index (χ0v) is 15.2. The second-order valence-electron chi connectivity index (χ2n) is 8.16. The van der Waals surface area contributed by atoms with Gasteiger partial charge < -0.3 is 9.80 Å². The van der Waals surface area contributed by atoms with Crippen molar-refractivity contribution in [1.82, 2.24) is 9.80 Å². The average Bonchev–Trinajstić information content (AvgIpc) is 2.96. The lowest BCUT2D eigenvalue weighted by molar-refractivity contribution is -0.132. The van der Waals surface area contributed by atoms with Gasteiger partial charge in [-0.25, -0.2) is 0 Å². The van der Waals surface area contributed by atoms with E-state index in [0.717, 1.165) is 56.1 Å². The molecule has 0 aromatic rings. The van der Waals surface area contributed by atoms with E-state index in [4.69, 9.17) is 0 Å². The molecule has 22 heavy (non-hydrogen) atoms. The molecule has 3 nitrogen and oxygen atoms in total. The maximum atomic E-state index is 12.3. The number of hydrogen-bond donors (Lipinski definition) is 0. The maximum Gasteiger partial charge on any atom is 0.222 e. The van der Waals surface area contributed by atoms with Gasteiger partial charge >= 0.3 is 0 Å². The molecule has 2 aliphatic heterocycles. The van der Waals surface area contributed by atoms with Gasteiger partial charge in [-0.3, -0.25) is 4.79 Å². The van der Waals surface area contributed by atoms with Crippen LogP contribution in [0.1, 0.15) is 59.8 Å². The molecular weight excluding hydrogens is 272 g/mol. The summed E-state index contributed by atoms with van der Waals surface area (Å²) < 4.78 is 0. The minimum Gasteiger partial charge on any atom is -0.343 e. The highest BCUT2D eigenvalue weighted by Gasteiger charge is 2.26. The highest BCUT2D eigenvalue weighted by atomic mass is 16.2. The van der Waals surface area contributed by atoms with Crippen molar-refractivity contribution in [2.45, 2.75) is 59.8 Å². The Morgan fingerprint density at radius 1 is 0.955 bits per heavy atom. The van der Waals surface area contributed by atoms with Crippen molar-refractivity contribution >= 4 is 5.91 Å². The van der Waals surface area contributed by atoms with Crippen LogP contribution in [0.2, 0.25) is 0 Å². The van der Waals surface area contributed by atoms with Crippen molar-refractivity contribution < 1.29 is 4.79 Å². The van der Waals surface area contributed by atoms with Gasteiger partial charge in [0.15, 0.2) is 0 Å². The summed E-state index contributed by atoms with van der Waals surface area (Å²) in [5.41, 5.74) is 0. The molecule has 1 atom stereocenters. The van der Waals surface area contributed by atoms with Crippen LogP contribution in [0.4, 0.5) is 0 Å². The molecule has 0 aromatic carbocycles. The van der Waals surface area contributed by atoms with Crippen molar-refractivity contribution in [2.75, 3.05) is 32.7 Å². The van der Waals surface area contributed by atoms with Gasteiger partial charge in [0, 0.05) is 26.1 Å². The lowest BCUT2D eigenvalue weighted by atomic mass is 9.86. The normalized spacial score (nSPS) is 24.6. The minimum atomic E-state index is 0.391. The van der Waals surface area contributed by atoms with Crippen LogP contribution in [0.15, 0.2) is 0 Å². The predicted molar refractivity (Wildman–Crippen MR) is 92.8 cm³/mol. The van der Waals surface area contributed by atoms with Gasteiger partial charge in [-0.1, -0.05) is 27.7 Å². The van der Waals surface area contributed by atoms with E-state index in [2.05, 4.69) is 37.5 Å². The predicted octanol–water partition coefficient (Wildman–Crippen LogP) is 3.64. The monoisotopic (exact) mass is 308 g/mol. The molecule has 128 valence electrons. The van der Waals surface area contributed by atoms with E-state index in [1.807, 2.05) is 0 Å². The molecule has 0 unspecified atom stereocenters. The van der Waals surface area contributed by atoms with Gasteiger partial charge in [0.1, 0.15) is 0 Å². The van der Waals surface area contributed by atoms with Crippen molar-refractivity contribution in [2.24, 2.45) is 23.7 Å². The molecular formula is C19H36N2O. The third kappa shape index (κ3) is 4.97. The molecule has 2 rings (SSSR count). The third-order valence-corrected chi connectivity index (χ3v) is 5.95. The maximum absolute atomic E-state index is 12.3. The van der Waals surface area contributed by atoms with E-state index < -0.39 is 0 Å². The molecule has 0 saturated carbocycles. The van der Waals surface area contributed by atoms with E-state index in [1.165, 1.54) is 32.4 Å². The van der Waals surface area contributed by atoms with Crippen LogP contribution in [0.25, 0.3) is 0 Å². The molecule has 2 aliphatic rings. The molecule has 0 spiro atoms. The fourth-order valence-electron chi connectivity index (χ4n) is 4.04. The number of rotatable bonds is 6. The zero-order chi connectivity index (χ0) is 16.1. The number of nitrogens with zero attached hydrogens (tertiary/aromatic N) is 2. The highest BCUT2D eigenvalue weighted by molar-refractivity contribution is 5.76. The summed E-state index contributed by atoms with van der Waals surface area (Å²) in [5, 5.41) is 0. The van der Waals surface area contributed by atoms with Crippen LogP contribution >= 0.6 is 0 Å². The number of amides is 1. The Bertz CT molecular complexity index is 345. The van der Waals surface area contributed by atoms with Crippen LogP contribution in [0.5, 0.6) is 0 Å². The first-order valence-electron chi connectivity index (χ1n) is 9.47. The number of carbonyl (C=O) groups is 1. The Hall–Kier alpha value is -0.570. The second kappa shape index (κ2) is 8.33. The largest absolute Gasteiger partial charge is 0.343 e. The second-order valence-corrected chi connectivity index (χ2v) is 8.16. The fourth-order valence-corrected chi connectivity index (χ4v) is 4.04. The van der Waals surface area contributed by atoms with E-state index in [1.54, 1.807) is 0 Å². The van der Waals surface area contributed by atoms with Crippen LogP contribution < -0.4 is 0 Å². The number of carbonyl (C=O) groups excluding carboxylic acids is 1. The van der Waals surface area contributed by atoms with E-state index in [9.17, 15) is 4.79 Å². The lowest BCUT2D eigenvalue weighted by Gasteiger charge is -2.34. The standard InChI is InChI=1S/C19H36N2O/c1-15(2)17-8-12-21(13-9-17)19(22)6-5-10-20-11-7-18(14-20)16(3)4/h15-18H,5-14H2,1-4H3/t18-/m1/s1. The Balaban J connectivity index is 1.61. The van der Waals surface area contributed by atoms with Gasteiger partial charge in [0.25, 0.3) is 0 Å². The zero-order valence-electron chi connectivity index (χ0n) is 15.2. The van der Waals surface area contributed by atoms with E-state index in [0.29, 0.717) is 5.91 Å². The molecule has 2 fully saturated rings. The van der Waals surface area contributed by atoms with Gasteiger partial charge in [-0.2, -0.15) is 0 Å². The molecule has 1 amide bonds. The third-order valence-electron chi connectivity index (χ3n) is 5.95. The van der Waals surface area contributed by atoms with Gasteiger partial charge in [-0.15, -0.1) is 0 Å². The molecule has 2 saturated heterocycles. The molecule has 0 N–H and O–H groups in total. The number of likely N-dealkylation sites (tertiary alicyclic amines) is 2. The summed E-state index contributed by atoms with van der Waals surface area (Å²) in [6.07, 6.45) is 5.52. The smallest absolute Gasteiger partial charge is 0.222 e. The van der Waals surface area contributed by atoms with Gasteiger partial charge in [0.05, 0.1) is 0 Å². The molecule has 0 radical (unpaired) electrons. The van der Waals surface area contributed by atoms with E-state index in [-0.39, 0.29) is 0 Å². The number of hydrogen-bond acceptors (Lipinski definition) is 2. The molecule has 0 aliphatic carbocycles. The summed E-state index contributed by atoms with van der Waals surface area (Å²) in [7, 11) is 0. The minimum absolute atomic E-state index is 0.391. The van der Waals surface area contributed by atoms with Crippen molar-refractivity contribution in [3.63, 3.8) is 0 Å². The number of piperidine rings is 1. The molecule has 0 aromatic heterocycles. The van der Waals surface area contributed by atoms with Gasteiger partial charge in [-0.05, 0) is 62.4 Å². The topological polar surface area (TPSA) is 23.6 Å². The van der Waals surface area contributed by atoms with Crippen molar-refractivity contribution in [3.05, 3.63) is 0 Å². The summed E-state index contributed by atoms with van der Waals surface area (Å²) in [6.45, 7) is 14.8. The summed E-state index contributed by atoms with van der Waals surface area (Å²) >= 11 is 0. The highest BCUT2D eigenvalue weighted by Crippen LogP contribution is 2.25. The SMILES string of the molecule is CC(C)C1CCN(C(=O)CCCN2CC[C@@H](C(C)C)C2)CC1. The summed E-state index contributed by atoms with van der Waals surface area (Å²) in [6, 6.07) is 0. The molecule has 2 heterocycles. The Morgan fingerprint density at radius 3 is 2.09 bits per heavy atom. The Labute approximate surface area is 137 Å². The first-order valence-corrected chi connectivity index (χ1v) is 9.47. The van der Waals surface area contributed by atoms with Crippen LogP contribution in [0, 0.1) is 23.7 Å². The lowest BCUT2D eigenvalue weighted by Crippen LogP contribution is -2.39. The van der Waals surface area contributed by atoms with Crippen molar-refractivity contribution in [3.8, 4) is 0 Å². The van der Waals surface area contributed by atoms with Crippen LogP contribution in [-0.2, 0) is 4.79 Å². The Morgan fingerprint density at radius 2 is 1.55 bits per heavy atom. The average molecular weight is 309 g/mol. The van der Waals surface area contributed by atoms with Gasteiger partial charge in [0.2, 0.25) is 5.91 Å². The van der Waals surface area contributed by atoms with Crippen molar-refractivity contribution in [1.29, 1.82) is 0 Å². The Kier molecular flexibility index (Phi) is 6.73. The summed E-state index contributed by atoms with van der Waals surface area (Å²) in [4.78, 5) is 17.0. The van der Waals surface area contributed by atoms with Crippen LogP contribution in [-0.4, -0.2) is 48.4 Å². The first kappa shape index (κ1) is 17.8. The summed E-state index contributed by atoms with van der Waals surface area (Å²) in [5.74, 6) is 3.64. The van der Waals surface area contributed by atoms with Crippen LogP contribution in [0.3, 0.4) is 0 Å². The first-order chi connectivity index (χ1) is 10.5. The quantitative estimate of drug-likeness (QED) is 0.748. The molecule has 3 heteroatoms.